The molecule has 0 saturated heterocycles. The fourth-order valence-corrected chi connectivity index (χ4v) is 3.00. The second kappa shape index (κ2) is 7.29. The van der Waals surface area contributed by atoms with Gasteiger partial charge in [-0.2, -0.15) is 0 Å². The molecule has 0 heterocycles. The van der Waals surface area contributed by atoms with Crippen LogP contribution < -0.4 is 9.47 Å². The van der Waals surface area contributed by atoms with Crippen molar-refractivity contribution in [3.8, 4) is 11.5 Å². The molecular formula is C16H16Br2O3. The SMILES string of the molecule is COc1ccc(CC(O)c2cc(Br)ccc2Br)cc1OC. The third-order valence-corrected chi connectivity index (χ3v) is 4.41. The molecule has 112 valence electrons. The second-order valence-electron chi connectivity index (χ2n) is 4.58. The van der Waals surface area contributed by atoms with Gasteiger partial charge in [0.15, 0.2) is 11.5 Å². The summed E-state index contributed by atoms with van der Waals surface area (Å²) in [4.78, 5) is 0. The highest BCUT2D eigenvalue weighted by Gasteiger charge is 2.14. The average Bonchev–Trinajstić information content (AvgIpc) is 2.49. The van der Waals surface area contributed by atoms with E-state index < -0.39 is 6.10 Å². The van der Waals surface area contributed by atoms with Gasteiger partial charge in [0.05, 0.1) is 20.3 Å². The number of ether oxygens (including phenoxy) is 2. The predicted molar refractivity (Wildman–Crippen MR) is 90.1 cm³/mol. The zero-order chi connectivity index (χ0) is 15.4. The summed E-state index contributed by atoms with van der Waals surface area (Å²) in [5.74, 6) is 1.34. The number of methoxy groups -OCH3 is 2. The Kier molecular flexibility index (Phi) is 5.67. The Balaban J connectivity index is 2.23. The first-order chi connectivity index (χ1) is 10.0. The van der Waals surface area contributed by atoms with E-state index in [2.05, 4.69) is 31.9 Å². The van der Waals surface area contributed by atoms with Gasteiger partial charge in [-0.1, -0.05) is 37.9 Å². The van der Waals surface area contributed by atoms with Crippen LogP contribution in [0.25, 0.3) is 0 Å². The molecule has 5 heteroatoms. The van der Waals surface area contributed by atoms with Gasteiger partial charge in [-0.05, 0) is 41.5 Å². The van der Waals surface area contributed by atoms with Crippen molar-refractivity contribution in [2.45, 2.75) is 12.5 Å². The predicted octanol–water partition coefficient (Wildman–Crippen LogP) is 4.50. The van der Waals surface area contributed by atoms with E-state index in [-0.39, 0.29) is 0 Å². The highest BCUT2D eigenvalue weighted by molar-refractivity contribution is 9.11. The van der Waals surface area contributed by atoms with Crippen LogP contribution >= 0.6 is 31.9 Å². The summed E-state index contributed by atoms with van der Waals surface area (Å²) in [5, 5.41) is 10.4. The van der Waals surface area contributed by atoms with Crippen LogP contribution in [0.3, 0.4) is 0 Å². The number of aliphatic hydroxyl groups excluding tert-OH is 1. The molecule has 0 aliphatic heterocycles. The number of aliphatic hydroxyl groups is 1. The summed E-state index contributed by atoms with van der Waals surface area (Å²) >= 11 is 6.89. The first-order valence-corrected chi connectivity index (χ1v) is 7.97. The van der Waals surface area contributed by atoms with E-state index in [0.29, 0.717) is 17.9 Å². The molecule has 21 heavy (non-hydrogen) atoms. The maximum absolute atomic E-state index is 10.4. The molecule has 0 aromatic heterocycles. The van der Waals surface area contributed by atoms with Crippen LogP contribution in [0.2, 0.25) is 0 Å². The summed E-state index contributed by atoms with van der Waals surface area (Å²) in [6.07, 6.45) is -0.106. The van der Waals surface area contributed by atoms with Gasteiger partial charge in [0, 0.05) is 15.4 Å². The minimum Gasteiger partial charge on any atom is -0.493 e. The van der Waals surface area contributed by atoms with E-state index in [1.807, 2.05) is 36.4 Å². The monoisotopic (exact) mass is 414 g/mol. The van der Waals surface area contributed by atoms with E-state index in [1.165, 1.54) is 0 Å². The Morgan fingerprint density at radius 1 is 1.00 bits per heavy atom. The summed E-state index contributed by atoms with van der Waals surface area (Å²) in [7, 11) is 3.20. The summed E-state index contributed by atoms with van der Waals surface area (Å²) in [6.45, 7) is 0. The van der Waals surface area contributed by atoms with Crippen molar-refractivity contribution < 1.29 is 14.6 Å². The zero-order valence-corrected chi connectivity index (χ0v) is 14.9. The Labute approximate surface area is 141 Å². The van der Waals surface area contributed by atoms with Gasteiger partial charge in [-0.25, -0.2) is 0 Å². The van der Waals surface area contributed by atoms with Crippen molar-refractivity contribution in [3.05, 3.63) is 56.5 Å². The molecule has 1 unspecified atom stereocenters. The molecule has 0 bridgehead atoms. The second-order valence-corrected chi connectivity index (χ2v) is 6.35. The van der Waals surface area contributed by atoms with Crippen LogP contribution in [0.5, 0.6) is 11.5 Å². The first kappa shape index (κ1) is 16.3. The van der Waals surface area contributed by atoms with Gasteiger partial charge in [-0.15, -0.1) is 0 Å². The van der Waals surface area contributed by atoms with Crippen molar-refractivity contribution in [1.29, 1.82) is 0 Å². The van der Waals surface area contributed by atoms with Crippen molar-refractivity contribution >= 4 is 31.9 Å². The topological polar surface area (TPSA) is 38.7 Å². The standard InChI is InChI=1S/C16H16Br2O3/c1-20-15-6-3-10(8-16(15)21-2)7-14(19)12-9-11(17)4-5-13(12)18/h3-6,8-9,14,19H,7H2,1-2H3. The van der Waals surface area contributed by atoms with Gasteiger partial charge < -0.3 is 14.6 Å². The Morgan fingerprint density at radius 2 is 1.71 bits per heavy atom. The normalized spacial score (nSPS) is 12.0. The zero-order valence-electron chi connectivity index (χ0n) is 11.8. The minimum absolute atomic E-state index is 0.495. The fourth-order valence-electron chi connectivity index (χ4n) is 2.11. The minimum atomic E-state index is -0.602. The molecule has 1 atom stereocenters. The Morgan fingerprint density at radius 3 is 2.38 bits per heavy atom. The lowest BCUT2D eigenvalue weighted by Crippen LogP contribution is -2.03. The molecule has 0 saturated carbocycles. The molecular weight excluding hydrogens is 400 g/mol. The Hall–Kier alpha value is -1.04. The average molecular weight is 416 g/mol. The lowest BCUT2D eigenvalue weighted by atomic mass is 10.0. The molecule has 3 nitrogen and oxygen atoms in total. The van der Waals surface area contributed by atoms with E-state index in [0.717, 1.165) is 20.1 Å². The largest absolute Gasteiger partial charge is 0.493 e. The van der Waals surface area contributed by atoms with Gasteiger partial charge in [0.1, 0.15) is 0 Å². The molecule has 2 aromatic carbocycles. The molecule has 2 aromatic rings. The maximum Gasteiger partial charge on any atom is 0.160 e. The lowest BCUT2D eigenvalue weighted by Gasteiger charge is -2.15. The number of benzene rings is 2. The third kappa shape index (κ3) is 3.99. The molecule has 1 N–H and O–H groups in total. The van der Waals surface area contributed by atoms with Crippen LogP contribution in [-0.2, 0) is 6.42 Å². The summed E-state index contributed by atoms with van der Waals surface area (Å²) in [6, 6.07) is 11.4. The number of hydrogen-bond acceptors (Lipinski definition) is 3. The van der Waals surface area contributed by atoms with Crippen LogP contribution in [0.4, 0.5) is 0 Å². The molecule has 0 aliphatic carbocycles. The molecule has 0 aliphatic rings. The Bertz CT molecular complexity index is 629. The van der Waals surface area contributed by atoms with Gasteiger partial charge in [-0.3, -0.25) is 0 Å². The van der Waals surface area contributed by atoms with E-state index in [1.54, 1.807) is 14.2 Å². The quantitative estimate of drug-likeness (QED) is 0.780. The van der Waals surface area contributed by atoms with Gasteiger partial charge >= 0.3 is 0 Å². The molecule has 0 amide bonds. The van der Waals surface area contributed by atoms with Crippen molar-refractivity contribution in [2.75, 3.05) is 14.2 Å². The number of rotatable bonds is 5. The van der Waals surface area contributed by atoms with Gasteiger partial charge in [0.25, 0.3) is 0 Å². The van der Waals surface area contributed by atoms with E-state index >= 15 is 0 Å². The number of hydrogen-bond donors (Lipinski definition) is 1. The van der Waals surface area contributed by atoms with Crippen molar-refractivity contribution in [2.24, 2.45) is 0 Å². The van der Waals surface area contributed by atoms with Gasteiger partial charge in [0.2, 0.25) is 0 Å². The maximum atomic E-state index is 10.4. The summed E-state index contributed by atoms with van der Waals surface area (Å²) < 4.78 is 12.3. The van der Waals surface area contributed by atoms with Crippen LogP contribution in [0.1, 0.15) is 17.2 Å². The highest BCUT2D eigenvalue weighted by atomic mass is 79.9. The number of halogens is 2. The lowest BCUT2D eigenvalue weighted by molar-refractivity contribution is 0.177. The first-order valence-electron chi connectivity index (χ1n) is 6.39. The van der Waals surface area contributed by atoms with Crippen LogP contribution in [0.15, 0.2) is 45.3 Å². The van der Waals surface area contributed by atoms with Crippen LogP contribution in [-0.4, -0.2) is 19.3 Å². The highest BCUT2D eigenvalue weighted by Crippen LogP contribution is 2.32. The third-order valence-electron chi connectivity index (χ3n) is 3.19. The summed E-state index contributed by atoms with van der Waals surface area (Å²) in [5.41, 5.74) is 1.83. The molecule has 0 fully saturated rings. The van der Waals surface area contributed by atoms with Crippen LogP contribution in [0, 0.1) is 0 Å². The molecule has 0 spiro atoms. The van der Waals surface area contributed by atoms with Crippen molar-refractivity contribution in [1.82, 2.24) is 0 Å². The van der Waals surface area contributed by atoms with E-state index in [9.17, 15) is 5.11 Å². The fraction of sp³-hybridized carbons (Fsp3) is 0.250. The van der Waals surface area contributed by atoms with Crippen molar-refractivity contribution in [3.63, 3.8) is 0 Å². The van der Waals surface area contributed by atoms with E-state index in [4.69, 9.17) is 9.47 Å². The molecule has 0 radical (unpaired) electrons. The smallest absolute Gasteiger partial charge is 0.160 e. The molecule has 2 rings (SSSR count).